The molecule has 2 aliphatic rings. The lowest BCUT2D eigenvalue weighted by atomic mass is 9.79. The molecule has 22 heavy (non-hydrogen) atoms. The third kappa shape index (κ3) is 2.50. The van der Waals surface area contributed by atoms with E-state index in [9.17, 15) is 9.90 Å². The van der Waals surface area contributed by atoms with E-state index >= 15 is 0 Å². The molecule has 0 saturated heterocycles. The zero-order chi connectivity index (χ0) is 16.1. The molecule has 3 heteroatoms. The summed E-state index contributed by atoms with van der Waals surface area (Å²) in [5.41, 5.74) is 4.87. The normalized spacial score (nSPS) is 23.8. The van der Waals surface area contributed by atoms with Gasteiger partial charge >= 0.3 is 0 Å². The van der Waals surface area contributed by atoms with E-state index in [0.717, 1.165) is 16.7 Å². The van der Waals surface area contributed by atoms with Crippen LogP contribution in [0.2, 0.25) is 0 Å². The number of aryl methyl sites for hydroxylation is 3. The Labute approximate surface area is 137 Å². The molecule has 1 unspecified atom stereocenters. The highest BCUT2D eigenvalue weighted by molar-refractivity contribution is 8.00. The number of aliphatic hydroxyl groups is 1. The maximum absolute atomic E-state index is 12.8. The van der Waals surface area contributed by atoms with Gasteiger partial charge in [-0.3, -0.25) is 4.79 Å². The van der Waals surface area contributed by atoms with Gasteiger partial charge in [0.2, 0.25) is 0 Å². The first-order valence-corrected chi connectivity index (χ1v) is 9.19. The van der Waals surface area contributed by atoms with E-state index in [1.165, 1.54) is 18.4 Å². The van der Waals surface area contributed by atoms with Crippen LogP contribution in [-0.2, 0) is 4.79 Å². The van der Waals surface area contributed by atoms with Gasteiger partial charge in [0, 0.05) is 17.6 Å². The number of hydrogen-bond donors (Lipinski definition) is 1. The number of rotatable bonds is 3. The number of carbonyl (C=O) groups excluding carboxylic acids is 1. The number of ketones is 1. The standard InChI is InChI=1S/C19H24O2S/c1-11-7-12(2)17(13(3)8-11)18-15(20)9-14(10-16(18)21)19(22-4)5-6-19/h7-8,14,20H,5-6,9-10H2,1-4H3. The Morgan fingerprint density at radius 3 is 2.18 bits per heavy atom. The predicted molar refractivity (Wildman–Crippen MR) is 93.4 cm³/mol. The molecule has 2 aliphatic carbocycles. The van der Waals surface area contributed by atoms with Crippen molar-refractivity contribution < 1.29 is 9.90 Å². The zero-order valence-corrected chi connectivity index (χ0v) is 14.6. The van der Waals surface area contributed by atoms with Gasteiger partial charge in [-0.05, 0) is 62.5 Å². The lowest BCUT2D eigenvalue weighted by Gasteiger charge is -2.30. The fourth-order valence-corrected chi connectivity index (χ4v) is 5.04. The van der Waals surface area contributed by atoms with Crippen LogP contribution in [0.25, 0.3) is 5.57 Å². The van der Waals surface area contributed by atoms with E-state index in [0.29, 0.717) is 30.1 Å². The molecule has 0 aromatic heterocycles. The Balaban J connectivity index is 2.01. The molecule has 0 bridgehead atoms. The van der Waals surface area contributed by atoms with Crippen LogP contribution in [0.3, 0.4) is 0 Å². The Hall–Kier alpha value is -1.22. The molecule has 0 spiro atoms. The highest BCUT2D eigenvalue weighted by Crippen LogP contribution is 2.57. The summed E-state index contributed by atoms with van der Waals surface area (Å²) >= 11 is 1.87. The van der Waals surface area contributed by atoms with Crippen LogP contribution >= 0.6 is 11.8 Å². The topological polar surface area (TPSA) is 37.3 Å². The summed E-state index contributed by atoms with van der Waals surface area (Å²) in [4.78, 5) is 12.8. The minimum Gasteiger partial charge on any atom is -0.512 e. The van der Waals surface area contributed by atoms with Crippen LogP contribution in [-0.4, -0.2) is 21.9 Å². The largest absolute Gasteiger partial charge is 0.512 e. The number of allylic oxidation sites excluding steroid dienone is 2. The molecule has 0 amide bonds. The molecule has 1 aromatic carbocycles. The molecule has 1 fully saturated rings. The van der Waals surface area contributed by atoms with Gasteiger partial charge in [0.15, 0.2) is 5.78 Å². The van der Waals surface area contributed by atoms with E-state index in [-0.39, 0.29) is 10.5 Å². The highest BCUT2D eigenvalue weighted by atomic mass is 32.2. The first-order chi connectivity index (χ1) is 10.4. The van der Waals surface area contributed by atoms with Crippen LogP contribution in [0.15, 0.2) is 17.9 Å². The van der Waals surface area contributed by atoms with Crippen molar-refractivity contribution in [1.29, 1.82) is 0 Å². The van der Waals surface area contributed by atoms with Gasteiger partial charge in [-0.25, -0.2) is 0 Å². The molecule has 3 rings (SSSR count). The van der Waals surface area contributed by atoms with Crippen molar-refractivity contribution in [2.24, 2.45) is 5.92 Å². The lowest BCUT2D eigenvalue weighted by Crippen LogP contribution is -2.28. The number of aliphatic hydroxyl groups excluding tert-OH is 1. The van der Waals surface area contributed by atoms with Gasteiger partial charge in [0.05, 0.1) is 5.57 Å². The molecular formula is C19H24O2S. The van der Waals surface area contributed by atoms with Gasteiger partial charge in [-0.15, -0.1) is 0 Å². The third-order valence-corrected chi connectivity index (χ3v) is 6.81. The summed E-state index contributed by atoms with van der Waals surface area (Å²) in [5, 5.41) is 10.6. The average Bonchev–Trinajstić information content (AvgIpc) is 3.21. The Morgan fingerprint density at radius 1 is 1.14 bits per heavy atom. The van der Waals surface area contributed by atoms with Crippen LogP contribution in [0.5, 0.6) is 0 Å². The second kappa shape index (κ2) is 5.45. The summed E-state index contributed by atoms with van der Waals surface area (Å²) in [6.45, 7) is 6.12. The van der Waals surface area contributed by atoms with Gasteiger partial charge in [0.25, 0.3) is 0 Å². The molecule has 0 aliphatic heterocycles. The molecule has 0 heterocycles. The fourth-order valence-electron chi connectivity index (χ4n) is 4.03. The Kier molecular flexibility index (Phi) is 3.88. The summed E-state index contributed by atoms with van der Waals surface area (Å²) in [5.74, 6) is 0.713. The van der Waals surface area contributed by atoms with E-state index in [4.69, 9.17) is 0 Å². The summed E-state index contributed by atoms with van der Waals surface area (Å²) < 4.78 is 0.243. The predicted octanol–water partition coefficient (Wildman–Crippen LogP) is 4.76. The van der Waals surface area contributed by atoms with Crippen LogP contribution in [0.4, 0.5) is 0 Å². The van der Waals surface area contributed by atoms with Crippen molar-refractivity contribution >= 4 is 23.1 Å². The van der Waals surface area contributed by atoms with E-state index < -0.39 is 0 Å². The highest BCUT2D eigenvalue weighted by Gasteiger charge is 2.51. The number of Topliss-reactive ketones (excluding diaryl/α,β-unsaturated/α-hetero) is 1. The Morgan fingerprint density at radius 2 is 1.73 bits per heavy atom. The first kappa shape index (κ1) is 15.7. The number of thioether (sulfide) groups is 1. The Bertz CT molecular complexity index is 645. The zero-order valence-electron chi connectivity index (χ0n) is 13.8. The number of benzene rings is 1. The van der Waals surface area contributed by atoms with Gasteiger partial charge in [-0.1, -0.05) is 17.7 Å². The molecule has 118 valence electrons. The van der Waals surface area contributed by atoms with Crippen molar-refractivity contribution in [3.63, 3.8) is 0 Å². The molecule has 1 saturated carbocycles. The molecule has 1 atom stereocenters. The lowest BCUT2D eigenvalue weighted by molar-refractivity contribution is -0.115. The minimum atomic E-state index is 0.115. The van der Waals surface area contributed by atoms with E-state index in [1.807, 2.05) is 25.6 Å². The second-order valence-corrected chi connectivity index (χ2v) is 8.11. The third-order valence-electron chi connectivity index (χ3n) is 5.26. The van der Waals surface area contributed by atoms with Crippen molar-refractivity contribution in [2.75, 3.05) is 6.26 Å². The maximum atomic E-state index is 12.8. The number of hydrogen-bond acceptors (Lipinski definition) is 3. The summed E-state index contributed by atoms with van der Waals surface area (Å²) in [7, 11) is 0. The van der Waals surface area contributed by atoms with Crippen LogP contribution in [0.1, 0.15) is 47.9 Å². The number of carbonyl (C=O) groups is 1. The van der Waals surface area contributed by atoms with E-state index in [1.54, 1.807) is 0 Å². The monoisotopic (exact) mass is 316 g/mol. The molecule has 0 radical (unpaired) electrons. The quantitative estimate of drug-likeness (QED) is 0.874. The van der Waals surface area contributed by atoms with Crippen molar-refractivity contribution in [3.05, 3.63) is 40.1 Å². The summed E-state index contributed by atoms with van der Waals surface area (Å²) in [6.07, 6.45) is 5.71. The molecule has 1 N–H and O–H groups in total. The maximum Gasteiger partial charge on any atom is 0.167 e. The smallest absolute Gasteiger partial charge is 0.167 e. The van der Waals surface area contributed by atoms with Crippen molar-refractivity contribution in [2.45, 2.75) is 51.2 Å². The minimum absolute atomic E-state index is 0.115. The van der Waals surface area contributed by atoms with Gasteiger partial charge in [0.1, 0.15) is 5.76 Å². The molecular weight excluding hydrogens is 292 g/mol. The van der Waals surface area contributed by atoms with E-state index in [2.05, 4.69) is 25.3 Å². The average molecular weight is 316 g/mol. The van der Waals surface area contributed by atoms with Crippen molar-refractivity contribution in [3.8, 4) is 0 Å². The van der Waals surface area contributed by atoms with Crippen LogP contribution in [0, 0.1) is 26.7 Å². The summed E-state index contributed by atoms with van der Waals surface area (Å²) in [6, 6.07) is 4.18. The van der Waals surface area contributed by atoms with Gasteiger partial charge in [-0.2, -0.15) is 11.8 Å². The first-order valence-electron chi connectivity index (χ1n) is 7.96. The molecule has 2 nitrogen and oxygen atoms in total. The fraction of sp³-hybridized carbons (Fsp3) is 0.526. The second-order valence-electron chi connectivity index (χ2n) is 6.89. The van der Waals surface area contributed by atoms with Crippen LogP contribution < -0.4 is 0 Å². The van der Waals surface area contributed by atoms with Crippen molar-refractivity contribution in [1.82, 2.24) is 0 Å². The molecule has 1 aromatic rings. The van der Waals surface area contributed by atoms with Gasteiger partial charge < -0.3 is 5.11 Å². The SMILES string of the molecule is CSC1(C2CC(=O)C(c3c(C)cc(C)cc3C)=C(O)C2)CC1.